The molecule has 36 nitrogen and oxygen atoms in total. The summed E-state index contributed by atoms with van der Waals surface area (Å²) in [5.41, 5.74) is -6.85. The molecule has 4 saturated carbocycles. The van der Waals surface area contributed by atoms with Crippen LogP contribution >= 0.6 is 0 Å². The number of carbonyl (C=O) groups excluding carboxylic acids is 1. The Labute approximate surface area is 599 Å². The summed E-state index contributed by atoms with van der Waals surface area (Å²) in [5, 5.41) is 233. The van der Waals surface area contributed by atoms with Crippen molar-refractivity contribution in [2.75, 3.05) is 52.9 Å². The maximum Gasteiger partial charge on any atom is 0.317 e. The number of hydrogen-bond acceptors (Lipinski definition) is 36. The van der Waals surface area contributed by atoms with Gasteiger partial charge in [-0.2, -0.15) is 0 Å². The molecule has 12 rings (SSSR count). The number of aliphatic hydroxyl groups excluding tert-OH is 20. The Morgan fingerprint density at radius 1 is 0.481 bits per heavy atom. The first kappa shape index (κ1) is 81.3. The fourth-order valence-electron chi connectivity index (χ4n) is 20.1. The van der Waals surface area contributed by atoms with Crippen molar-refractivity contribution in [2.24, 2.45) is 50.2 Å². The summed E-state index contributed by atoms with van der Waals surface area (Å²) < 4.78 is 82.4. The summed E-state index contributed by atoms with van der Waals surface area (Å²) >= 11 is 0. The molecule has 41 atom stereocenters. The quantitative estimate of drug-likeness (QED) is 0.0344. The lowest BCUT2D eigenvalue weighted by molar-refractivity contribution is -0.374. The van der Waals surface area contributed by atoms with Crippen molar-refractivity contribution >= 4 is 5.97 Å². The average Bonchev–Trinajstić information content (AvgIpc) is 0.700. The van der Waals surface area contributed by atoms with Gasteiger partial charge in [-0.05, 0) is 97.7 Å². The zero-order chi connectivity index (χ0) is 75.8. The third kappa shape index (κ3) is 13.7. The van der Waals surface area contributed by atoms with E-state index in [0.717, 1.165) is 5.57 Å². The summed E-state index contributed by atoms with van der Waals surface area (Å²) in [5.74, 6) is -2.15. The van der Waals surface area contributed by atoms with Crippen molar-refractivity contribution in [1.29, 1.82) is 0 Å². The Bertz CT molecular complexity index is 2980. The SMILES string of the molecule is CC1OC(OC2C(OC(=O)C34CCC(C)(C)CC3C3=CCC5C6(C)CC(O)C(OC7OC(CO)C(O)C(OC8OCC(O)C(O)C8O)C7O)C(C)(CO)C6CCC5(C)C3(C)CC4O)OCC(O)C2O)C(O)C(O)C1OC1OCC(O)C(OC2OCC(O)(CO)C2OC2OC(CO)C(O)C(O)C2O)C1O. The number of fused-ring (bicyclic) bond motifs is 7. The van der Waals surface area contributed by atoms with Crippen LogP contribution in [0.25, 0.3) is 0 Å². The minimum absolute atomic E-state index is 0.0591. The lowest BCUT2D eigenvalue weighted by atomic mass is 9.33. The summed E-state index contributed by atoms with van der Waals surface area (Å²) in [6.45, 7) is 8.20. The van der Waals surface area contributed by atoms with Gasteiger partial charge >= 0.3 is 5.97 Å². The van der Waals surface area contributed by atoms with Gasteiger partial charge < -0.3 is 174 Å². The number of hydrogen-bond donors (Lipinski definition) is 21. The van der Waals surface area contributed by atoms with Crippen molar-refractivity contribution in [3.63, 3.8) is 0 Å². The first-order valence-corrected chi connectivity index (χ1v) is 36.2. The average molecular weight is 1500 g/mol. The van der Waals surface area contributed by atoms with E-state index in [4.69, 9.17) is 66.3 Å². The minimum atomic E-state index is -2.29. The smallest absolute Gasteiger partial charge is 0.317 e. The van der Waals surface area contributed by atoms with E-state index in [0.29, 0.717) is 32.1 Å². The molecule has 0 radical (unpaired) electrons. The maximum atomic E-state index is 15.6. The van der Waals surface area contributed by atoms with E-state index < -0.39 is 294 Å². The van der Waals surface area contributed by atoms with Crippen LogP contribution in [-0.2, 0) is 71.1 Å². The zero-order valence-corrected chi connectivity index (χ0v) is 59.1. The predicted octanol–water partition coefficient (Wildman–Crippen LogP) is -8.06. The monoisotopic (exact) mass is 1500 g/mol. The van der Waals surface area contributed by atoms with Gasteiger partial charge in [0, 0.05) is 5.41 Å². The van der Waals surface area contributed by atoms with Gasteiger partial charge in [0.2, 0.25) is 6.29 Å². The molecule has 21 N–H and O–H groups in total. The molecule has 7 saturated heterocycles. The molecule has 11 fully saturated rings. The largest absolute Gasteiger partial charge is 0.432 e. The summed E-state index contributed by atoms with van der Waals surface area (Å²) in [6.07, 6.45) is -49.8. The Morgan fingerprint density at radius 3 is 1.68 bits per heavy atom. The second-order valence-electron chi connectivity index (χ2n) is 33.1. The normalized spacial score (nSPS) is 55.5. The van der Waals surface area contributed by atoms with E-state index in [2.05, 4.69) is 40.7 Å². The van der Waals surface area contributed by atoms with Crippen LogP contribution < -0.4 is 0 Å². The van der Waals surface area contributed by atoms with Gasteiger partial charge in [-0.15, -0.1) is 0 Å². The number of aliphatic hydroxyl groups is 21. The standard InChI is InChI=1S/C68H110O36/c1-25-48(98-55-46(87)49(31(76)21-92-55)99-60-53(67(90,23-72)24-94-60)103-57-44(85)41(82)39(80)32(17-69)96-57)42(83)45(86)56(95-25)101-51-38(79)30(75)20-93-59(51)104-61(89)68-13-12-62(2,3)14-27(68)26-8-9-35-63(4)15-28(73)52(64(5,22-71)34(63)10-11-65(35,6)66(26,7)16-36(68)77)102-58-47(88)50(40(81)33(18-70)97-58)100-54-43(84)37(78)29(74)19-91-54/h8,25,27-60,69-88,90H,9-24H2,1-7H3. The molecule has 104 heavy (non-hydrogen) atoms. The van der Waals surface area contributed by atoms with Crippen LogP contribution in [0.4, 0.5) is 0 Å². The molecule has 5 aliphatic carbocycles. The molecule has 598 valence electrons. The van der Waals surface area contributed by atoms with E-state index >= 15 is 4.79 Å². The van der Waals surface area contributed by atoms with Crippen LogP contribution in [0.5, 0.6) is 0 Å². The van der Waals surface area contributed by atoms with Crippen LogP contribution in [0.2, 0.25) is 0 Å². The number of esters is 1. The highest BCUT2D eigenvalue weighted by molar-refractivity contribution is 5.80. The van der Waals surface area contributed by atoms with Gasteiger partial charge in [0.15, 0.2) is 43.8 Å². The minimum Gasteiger partial charge on any atom is -0.432 e. The molecular formula is C68H110O36. The highest BCUT2D eigenvalue weighted by Gasteiger charge is 2.74. The van der Waals surface area contributed by atoms with E-state index in [-0.39, 0.29) is 36.5 Å². The van der Waals surface area contributed by atoms with Crippen molar-refractivity contribution < 1.29 is 178 Å². The van der Waals surface area contributed by atoms with Gasteiger partial charge in [0.05, 0.1) is 77.3 Å². The molecular weight excluding hydrogens is 1390 g/mol. The predicted molar refractivity (Wildman–Crippen MR) is 339 cm³/mol. The Balaban J connectivity index is 0.729. The fourth-order valence-corrected chi connectivity index (χ4v) is 20.1. The summed E-state index contributed by atoms with van der Waals surface area (Å²) in [6, 6.07) is 0. The van der Waals surface area contributed by atoms with Crippen molar-refractivity contribution in [3.8, 4) is 0 Å². The van der Waals surface area contributed by atoms with Crippen LogP contribution in [0, 0.1) is 50.2 Å². The third-order valence-electron chi connectivity index (χ3n) is 26.4. The van der Waals surface area contributed by atoms with Gasteiger partial charge in [0.25, 0.3) is 0 Å². The number of allylic oxidation sites excluding steroid dienone is 2. The van der Waals surface area contributed by atoms with Crippen LogP contribution in [0.3, 0.4) is 0 Å². The van der Waals surface area contributed by atoms with Gasteiger partial charge in [0.1, 0.15) is 133 Å². The molecule has 12 aliphatic rings. The lowest BCUT2D eigenvalue weighted by Crippen LogP contribution is -2.71. The van der Waals surface area contributed by atoms with Crippen molar-refractivity contribution in [1.82, 2.24) is 0 Å². The summed E-state index contributed by atoms with van der Waals surface area (Å²) in [4.78, 5) is 15.6. The third-order valence-corrected chi connectivity index (χ3v) is 26.4. The van der Waals surface area contributed by atoms with Crippen molar-refractivity contribution in [2.45, 2.75) is 302 Å². The van der Waals surface area contributed by atoms with E-state index in [9.17, 15) is 107 Å². The zero-order valence-electron chi connectivity index (χ0n) is 59.1. The molecule has 0 bridgehead atoms. The van der Waals surface area contributed by atoms with E-state index in [1.54, 1.807) is 6.92 Å². The first-order chi connectivity index (χ1) is 48.8. The fraction of sp³-hybridized carbons (Fsp3) is 0.956. The molecule has 0 aromatic carbocycles. The molecule has 0 amide bonds. The molecule has 0 aromatic heterocycles. The van der Waals surface area contributed by atoms with Gasteiger partial charge in [-0.1, -0.05) is 53.2 Å². The van der Waals surface area contributed by atoms with Crippen LogP contribution in [-0.4, -0.2) is 368 Å². The van der Waals surface area contributed by atoms with Crippen molar-refractivity contribution in [3.05, 3.63) is 11.6 Å². The number of carbonyl (C=O) groups is 1. The number of ether oxygens (including phenoxy) is 14. The number of rotatable bonds is 18. The first-order valence-electron chi connectivity index (χ1n) is 36.2. The maximum absolute atomic E-state index is 15.6. The van der Waals surface area contributed by atoms with Crippen LogP contribution in [0.1, 0.15) is 99.8 Å². The Morgan fingerprint density at radius 2 is 1.03 bits per heavy atom. The van der Waals surface area contributed by atoms with E-state index in [1.165, 1.54) is 6.92 Å². The lowest BCUT2D eigenvalue weighted by Gasteiger charge is -2.72. The van der Waals surface area contributed by atoms with Gasteiger partial charge in [-0.25, -0.2) is 0 Å². The highest BCUT2D eigenvalue weighted by Crippen LogP contribution is 2.76. The molecule has 41 unspecified atom stereocenters. The molecule has 7 heterocycles. The molecule has 0 spiro atoms. The Hall–Kier alpha value is -2.15. The topological polar surface area (TPSA) is 571 Å². The second kappa shape index (κ2) is 30.4. The van der Waals surface area contributed by atoms with Gasteiger partial charge in [-0.3, -0.25) is 4.79 Å². The van der Waals surface area contributed by atoms with Crippen LogP contribution in [0.15, 0.2) is 11.6 Å². The highest BCUT2D eigenvalue weighted by atomic mass is 16.8. The molecule has 0 aromatic rings. The molecule has 7 aliphatic heterocycles. The summed E-state index contributed by atoms with van der Waals surface area (Å²) in [7, 11) is 0. The second-order valence-corrected chi connectivity index (χ2v) is 33.1. The molecule has 36 heteroatoms. The Kier molecular flexibility index (Phi) is 23.8. The van der Waals surface area contributed by atoms with E-state index in [1.807, 2.05) is 0 Å².